The van der Waals surface area contributed by atoms with Gasteiger partial charge in [-0.1, -0.05) is 60.2 Å². The van der Waals surface area contributed by atoms with Crippen molar-refractivity contribution in [2.24, 2.45) is 5.41 Å². The van der Waals surface area contributed by atoms with E-state index in [9.17, 15) is 15.3 Å². The number of nitriles is 2. The fourth-order valence-corrected chi connectivity index (χ4v) is 5.06. The predicted octanol–water partition coefficient (Wildman–Crippen LogP) is 5.02. The molecule has 0 saturated carbocycles. The van der Waals surface area contributed by atoms with Crippen molar-refractivity contribution in [3.05, 3.63) is 101 Å². The summed E-state index contributed by atoms with van der Waals surface area (Å²) in [6.07, 6.45) is 5.36. The van der Waals surface area contributed by atoms with Gasteiger partial charge in [-0.2, -0.15) is 10.5 Å². The van der Waals surface area contributed by atoms with Gasteiger partial charge in [0.25, 0.3) is 0 Å². The van der Waals surface area contributed by atoms with Crippen LogP contribution < -0.4 is 4.90 Å². The first-order valence-electron chi connectivity index (χ1n) is 10.2. The molecular formula is C26H17ClN4O. The summed E-state index contributed by atoms with van der Waals surface area (Å²) in [7, 11) is 0. The second-order valence-electron chi connectivity index (χ2n) is 7.92. The second kappa shape index (κ2) is 7.64. The van der Waals surface area contributed by atoms with Crippen LogP contribution in [0.1, 0.15) is 27.5 Å². The van der Waals surface area contributed by atoms with Gasteiger partial charge in [0.05, 0.1) is 18.2 Å². The number of anilines is 1. The molecule has 154 valence electrons. The Bertz CT molecular complexity index is 1290. The van der Waals surface area contributed by atoms with E-state index in [1.165, 1.54) is 0 Å². The number of hydrogen-bond acceptors (Lipinski definition) is 5. The fraction of sp³-hybridized carbons (Fsp3) is 0.154. The van der Waals surface area contributed by atoms with Crippen LogP contribution in [0.3, 0.4) is 0 Å². The molecule has 1 fully saturated rings. The van der Waals surface area contributed by atoms with Crippen LogP contribution in [0.2, 0.25) is 5.02 Å². The van der Waals surface area contributed by atoms with Crippen LogP contribution >= 0.6 is 11.6 Å². The Morgan fingerprint density at radius 3 is 2.41 bits per heavy atom. The zero-order valence-corrected chi connectivity index (χ0v) is 17.6. The second-order valence-corrected chi connectivity index (χ2v) is 8.35. The fourth-order valence-electron chi connectivity index (χ4n) is 4.94. The maximum absolute atomic E-state index is 13.9. The van der Waals surface area contributed by atoms with Crippen molar-refractivity contribution in [3.8, 4) is 12.1 Å². The number of fused-ring (bicyclic) bond motifs is 3. The SMILES string of the molecule is N#CC1(C#N)[C@H](c2ccc(Cl)cc2)[C@@H](C(=O)c2ccccn2)N2c3ccccc3C=C[C@H]21. The predicted molar refractivity (Wildman–Crippen MR) is 122 cm³/mol. The molecule has 0 radical (unpaired) electrons. The summed E-state index contributed by atoms with van der Waals surface area (Å²) in [5, 5.41) is 21.3. The molecule has 0 bridgehead atoms. The maximum Gasteiger partial charge on any atom is 0.204 e. The molecule has 2 aliphatic heterocycles. The zero-order chi connectivity index (χ0) is 22.3. The number of ketones is 1. The quantitative estimate of drug-likeness (QED) is 0.538. The number of pyridine rings is 1. The number of halogens is 1. The lowest BCUT2D eigenvalue weighted by atomic mass is 9.69. The van der Waals surface area contributed by atoms with Gasteiger partial charge in [-0.05, 0) is 41.5 Å². The third kappa shape index (κ3) is 2.83. The summed E-state index contributed by atoms with van der Waals surface area (Å²) in [4.78, 5) is 20.1. The lowest BCUT2D eigenvalue weighted by Crippen LogP contribution is -2.44. The summed E-state index contributed by atoms with van der Waals surface area (Å²) in [5.74, 6) is -0.932. The highest BCUT2D eigenvalue weighted by Crippen LogP contribution is 2.55. The molecule has 0 aliphatic carbocycles. The molecule has 5 rings (SSSR count). The Balaban J connectivity index is 1.79. The Morgan fingerprint density at radius 1 is 1.00 bits per heavy atom. The van der Waals surface area contributed by atoms with Gasteiger partial charge in [0, 0.05) is 22.8 Å². The number of hydrogen-bond donors (Lipinski definition) is 0. The molecule has 0 spiro atoms. The largest absolute Gasteiger partial charge is 0.351 e. The van der Waals surface area contributed by atoms with Crippen LogP contribution in [-0.4, -0.2) is 22.9 Å². The Morgan fingerprint density at radius 2 is 1.72 bits per heavy atom. The number of para-hydroxylation sites is 1. The molecule has 0 unspecified atom stereocenters. The molecule has 32 heavy (non-hydrogen) atoms. The molecule has 3 aromatic rings. The van der Waals surface area contributed by atoms with E-state index < -0.39 is 23.4 Å². The van der Waals surface area contributed by atoms with Crippen molar-refractivity contribution >= 4 is 29.1 Å². The lowest BCUT2D eigenvalue weighted by molar-refractivity contribution is 0.0946. The summed E-state index contributed by atoms with van der Waals surface area (Å²) < 4.78 is 0. The van der Waals surface area contributed by atoms with Gasteiger partial charge in [-0.15, -0.1) is 0 Å². The maximum atomic E-state index is 13.9. The summed E-state index contributed by atoms with van der Waals surface area (Å²) in [6, 6.07) is 23.1. The van der Waals surface area contributed by atoms with Gasteiger partial charge in [0.15, 0.2) is 5.41 Å². The van der Waals surface area contributed by atoms with Gasteiger partial charge in [-0.3, -0.25) is 9.78 Å². The van der Waals surface area contributed by atoms with Gasteiger partial charge in [-0.25, -0.2) is 0 Å². The molecule has 6 heteroatoms. The van der Waals surface area contributed by atoms with E-state index in [4.69, 9.17) is 11.6 Å². The third-order valence-corrected chi connectivity index (χ3v) is 6.58. The van der Waals surface area contributed by atoms with Crippen LogP contribution in [0.15, 0.2) is 79.0 Å². The first kappa shape index (κ1) is 20.0. The van der Waals surface area contributed by atoms with Crippen LogP contribution in [0.4, 0.5) is 5.69 Å². The van der Waals surface area contributed by atoms with Gasteiger partial charge >= 0.3 is 0 Å². The number of aromatic nitrogens is 1. The van der Waals surface area contributed by atoms with Crippen molar-refractivity contribution in [3.63, 3.8) is 0 Å². The minimum absolute atomic E-state index is 0.229. The molecule has 3 atom stereocenters. The number of rotatable bonds is 3. The molecule has 2 aromatic carbocycles. The molecule has 3 heterocycles. The van der Waals surface area contributed by atoms with E-state index >= 15 is 0 Å². The Hall–Kier alpha value is -3.93. The Kier molecular flexibility index (Phi) is 4.78. The average molecular weight is 437 g/mol. The summed E-state index contributed by atoms with van der Waals surface area (Å²) in [6.45, 7) is 0. The highest BCUT2D eigenvalue weighted by molar-refractivity contribution is 6.30. The van der Waals surface area contributed by atoms with Crippen molar-refractivity contribution < 1.29 is 4.79 Å². The highest BCUT2D eigenvalue weighted by Gasteiger charge is 2.63. The van der Waals surface area contributed by atoms with Crippen LogP contribution in [0.25, 0.3) is 6.08 Å². The van der Waals surface area contributed by atoms with Gasteiger partial charge in [0.1, 0.15) is 11.7 Å². The normalized spacial score (nSPS) is 22.3. The summed E-state index contributed by atoms with van der Waals surface area (Å²) in [5.41, 5.74) is 1.29. The molecular weight excluding hydrogens is 420 g/mol. The molecule has 5 nitrogen and oxygen atoms in total. The third-order valence-electron chi connectivity index (χ3n) is 6.33. The minimum atomic E-state index is -1.48. The number of carbonyl (C=O) groups is 1. The van der Waals surface area contributed by atoms with E-state index in [1.54, 1.807) is 48.7 Å². The highest BCUT2D eigenvalue weighted by atomic mass is 35.5. The van der Waals surface area contributed by atoms with E-state index in [0.717, 1.165) is 11.3 Å². The van der Waals surface area contributed by atoms with Crippen molar-refractivity contribution in [1.29, 1.82) is 10.5 Å². The first-order chi connectivity index (χ1) is 15.6. The van der Waals surface area contributed by atoms with E-state index in [-0.39, 0.29) is 5.78 Å². The number of Topliss-reactive ketones (excluding diaryl/α,β-unsaturated/α-hetero) is 1. The van der Waals surface area contributed by atoms with Crippen molar-refractivity contribution in [1.82, 2.24) is 4.98 Å². The van der Waals surface area contributed by atoms with E-state index in [1.807, 2.05) is 41.3 Å². The van der Waals surface area contributed by atoms with Crippen molar-refractivity contribution in [2.75, 3.05) is 4.90 Å². The minimum Gasteiger partial charge on any atom is -0.351 e. The number of benzene rings is 2. The van der Waals surface area contributed by atoms with Crippen LogP contribution in [-0.2, 0) is 0 Å². The molecule has 0 amide bonds. The smallest absolute Gasteiger partial charge is 0.204 e. The zero-order valence-electron chi connectivity index (χ0n) is 16.9. The van der Waals surface area contributed by atoms with Crippen molar-refractivity contribution in [2.45, 2.75) is 18.0 Å². The van der Waals surface area contributed by atoms with Crippen LogP contribution in [0, 0.1) is 28.1 Å². The Labute approximate surface area is 190 Å². The number of nitrogens with zero attached hydrogens (tertiary/aromatic N) is 4. The summed E-state index contributed by atoms with van der Waals surface area (Å²) >= 11 is 6.11. The lowest BCUT2D eigenvalue weighted by Gasteiger charge is -2.35. The van der Waals surface area contributed by atoms with Crippen LogP contribution in [0.5, 0.6) is 0 Å². The number of carbonyl (C=O) groups excluding carboxylic acids is 1. The van der Waals surface area contributed by atoms with Gasteiger partial charge < -0.3 is 4.90 Å². The molecule has 0 N–H and O–H groups in total. The van der Waals surface area contributed by atoms with E-state index in [2.05, 4.69) is 17.1 Å². The van der Waals surface area contributed by atoms with E-state index in [0.29, 0.717) is 16.3 Å². The molecule has 1 saturated heterocycles. The average Bonchev–Trinajstić information content (AvgIpc) is 3.15. The van der Waals surface area contributed by atoms with Gasteiger partial charge in [0.2, 0.25) is 5.78 Å². The monoisotopic (exact) mass is 436 g/mol. The molecule has 1 aromatic heterocycles. The standard InChI is InChI=1S/C26H17ClN4O/c27-19-11-8-18(9-12-19)23-24(25(32)20-6-3-4-14-30-20)31-21-7-2-1-5-17(21)10-13-22(31)26(23,15-28)16-29/h1-14,22-24H/t22-,23+,24-/m0/s1. The molecule has 2 aliphatic rings. The topological polar surface area (TPSA) is 80.8 Å². The first-order valence-corrected chi connectivity index (χ1v) is 10.6.